The summed E-state index contributed by atoms with van der Waals surface area (Å²) in [4.78, 5) is 0. The zero-order chi connectivity index (χ0) is 9.14. The van der Waals surface area contributed by atoms with E-state index >= 15 is 0 Å². The Hall–Kier alpha value is 0. The number of rotatable bonds is 2. The molecule has 0 heterocycles. The lowest BCUT2D eigenvalue weighted by atomic mass is 9.66. The lowest BCUT2D eigenvalue weighted by Gasteiger charge is -2.39. The largest absolute Gasteiger partial charge is 0.0651 e. The van der Waals surface area contributed by atoms with Gasteiger partial charge >= 0.3 is 0 Å². The smallest absolute Gasteiger partial charge is 0.0360 e. The van der Waals surface area contributed by atoms with Crippen LogP contribution in [0.25, 0.3) is 0 Å². The summed E-state index contributed by atoms with van der Waals surface area (Å²) in [6.07, 6.45) is 5.75. The van der Waals surface area contributed by atoms with Crippen molar-refractivity contribution < 1.29 is 0 Å². The van der Waals surface area contributed by atoms with Crippen LogP contribution in [0.4, 0.5) is 0 Å². The van der Waals surface area contributed by atoms with Gasteiger partial charge in [-0.1, -0.05) is 47.0 Å². The molecule has 0 aromatic carbocycles. The highest BCUT2D eigenvalue weighted by Crippen LogP contribution is 2.41. The summed E-state index contributed by atoms with van der Waals surface area (Å²) in [6.45, 7) is 9.61. The highest BCUT2D eigenvalue weighted by atomic mass is 14.4. The first kappa shape index (κ1) is 10.1. The standard InChI is InChI=1S/C12H24/c1-5-11-8-7-9(3)10(4)12(11)6-2/h9-12H,5-8H2,1-4H3. The average molecular weight is 168 g/mol. The first-order valence-corrected chi connectivity index (χ1v) is 5.70. The molecule has 0 aromatic heterocycles. The van der Waals surface area contributed by atoms with Crippen LogP contribution in [-0.2, 0) is 0 Å². The molecule has 12 heavy (non-hydrogen) atoms. The molecule has 0 radical (unpaired) electrons. The topological polar surface area (TPSA) is 0 Å². The van der Waals surface area contributed by atoms with Gasteiger partial charge in [0, 0.05) is 0 Å². The Morgan fingerprint density at radius 3 is 2.17 bits per heavy atom. The van der Waals surface area contributed by atoms with Gasteiger partial charge in [-0.25, -0.2) is 0 Å². The molecule has 0 amide bonds. The Labute approximate surface area is 77.7 Å². The van der Waals surface area contributed by atoms with Crippen molar-refractivity contribution in [2.24, 2.45) is 23.7 Å². The molecule has 4 unspecified atom stereocenters. The molecule has 1 rings (SSSR count). The van der Waals surface area contributed by atoms with Crippen molar-refractivity contribution in [3.63, 3.8) is 0 Å². The molecule has 1 fully saturated rings. The van der Waals surface area contributed by atoms with Gasteiger partial charge in [0.2, 0.25) is 0 Å². The molecule has 0 aliphatic heterocycles. The highest BCUT2D eigenvalue weighted by molar-refractivity contribution is 4.82. The van der Waals surface area contributed by atoms with Crippen LogP contribution in [0.2, 0.25) is 0 Å². The van der Waals surface area contributed by atoms with Gasteiger partial charge in [0.05, 0.1) is 0 Å². The Balaban J connectivity index is 2.58. The van der Waals surface area contributed by atoms with E-state index in [1.54, 1.807) is 0 Å². The predicted molar refractivity (Wildman–Crippen MR) is 55.1 cm³/mol. The molecule has 0 heteroatoms. The lowest BCUT2D eigenvalue weighted by Crippen LogP contribution is -2.31. The van der Waals surface area contributed by atoms with Crippen molar-refractivity contribution >= 4 is 0 Å². The molecule has 72 valence electrons. The molecule has 0 nitrogen and oxygen atoms in total. The van der Waals surface area contributed by atoms with Gasteiger partial charge < -0.3 is 0 Å². The second-order valence-corrected chi connectivity index (χ2v) is 4.65. The van der Waals surface area contributed by atoms with Crippen LogP contribution in [0.3, 0.4) is 0 Å². The van der Waals surface area contributed by atoms with E-state index in [0.29, 0.717) is 0 Å². The van der Waals surface area contributed by atoms with Crippen LogP contribution in [0.1, 0.15) is 53.4 Å². The summed E-state index contributed by atoms with van der Waals surface area (Å²) in [5.41, 5.74) is 0. The van der Waals surface area contributed by atoms with E-state index in [1.165, 1.54) is 25.7 Å². The molecule has 0 saturated heterocycles. The summed E-state index contributed by atoms with van der Waals surface area (Å²) in [6, 6.07) is 0. The molecule has 0 bridgehead atoms. The zero-order valence-corrected chi connectivity index (χ0v) is 9.14. The second kappa shape index (κ2) is 4.30. The zero-order valence-electron chi connectivity index (χ0n) is 9.14. The summed E-state index contributed by atoms with van der Waals surface area (Å²) in [5, 5.41) is 0. The highest BCUT2D eigenvalue weighted by Gasteiger charge is 2.32. The molecule has 0 N–H and O–H groups in total. The summed E-state index contributed by atoms with van der Waals surface area (Å²) >= 11 is 0. The van der Waals surface area contributed by atoms with Crippen molar-refractivity contribution in [2.75, 3.05) is 0 Å². The molecule has 1 saturated carbocycles. The third kappa shape index (κ3) is 1.84. The van der Waals surface area contributed by atoms with Crippen LogP contribution in [-0.4, -0.2) is 0 Å². The molecular weight excluding hydrogens is 144 g/mol. The predicted octanol–water partition coefficient (Wildman–Crippen LogP) is 4.10. The molecular formula is C12H24. The van der Waals surface area contributed by atoms with Gasteiger partial charge in [0.1, 0.15) is 0 Å². The Morgan fingerprint density at radius 1 is 1.00 bits per heavy atom. The number of hydrogen-bond donors (Lipinski definition) is 0. The van der Waals surface area contributed by atoms with Crippen molar-refractivity contribution in [1.82, 2.24) is 0 Å². The van der Waals surface area contributed by atoms with Crippen molar-refractivity contribution in [1.29, 1.82) is 0 Å². The van der Waals surface area contributed by atoms with Crippen LogP contribution < -0.4 is 0 Å². The first-order chi connectivity index (χ1) is 5.70. The van der Waals surface area contributed by atoms with E-state index in [2.05, 4.69) is 27.7 Å². The van der Waals surface area contributed by atoms with E-state index in [4.69, 9.17) is 0 Å². The van der Waals surface area contributed by atoms with E-state index in [0.717, 1.165) is 23.7 Å². The lowest BCUT2D eigenvalue weighted by molar-refractivity contribution is 0.105. The first-order valence-electron chi connectivity index (χ1n) is 5.70. The number of hydrogen-bond acceptors (Lipinski definition) is 0. The monoisotopic (exact) mass is 168 g/mol. The van der Waals surface area contributed by atoms with Crippen LogP contribution in [0.5, 0.6) is 0 Å². The minimum Gasteiger partial charge on any atom is -0.0651 e. The molecule has 1 aliphatic rings. The Morgan fingerprint density at radius 2 is 1.67 bits per heavy atom. The van der Waals surface area contributed by atoms with Crippen molar-refractivity contribution in [3.05, 3.63) is 0 Å². The summed E-state index contributed by atoms with van der Waals surface area (Å²) < 4.78 is 0. The summed E-state index contributed by atoms with van der Waals surface area (Å²) in [7, 11) is 0. The van der Waals surface area contributed by atoms with Gasteiger partial charge in [0.25, 0.3) is 0 Å². The quantitative estimate of drug-likeness (QED) is 0.582. The van der Waals surface area contributed by atoms with E-state index < -0.39 is 0 Å². The summed E-state index contributed by atoms with van der Waals surface area (Å²) in [5.74, 6) is 3.98. The Bertz CT molecular complexity index is 126. The normalized spacial score (nSPS) is 43.0. The fourth-order valence-electron chi connectivity index (χ4n) is 3.02. The van der Waals surface area contributed by atoms with Crippen molar-refractivity contribution in [3.8, 4) is 0 Å². The van der Waals surface area contributed by atoms with Gasteiger partial charge in [-0.3, -0.25) is 0 Å². The maximum absolute atomic E-state index is 2.46. The van der Waals surface area contributed by atoms with Crippen molar-refractivity contribution in [2.45, 2.75) is 53.4 Å². The minimum absolute atomic E-state index is 0.966. The Kier molecular flexibility index (Phi) is 3.61. The molecule has 4 atom stereocenters. The van der Waals surface area contributed by atoms with E-state index in [1.807, 2.05) is 0 Å². The van der Waals surface area contributed by atoms with Crippen LogP contribution in [0.15, 0.2) is 0 Å². The maximum Gasteiger partial charge on any atom is -0.0360 e. The molecule has 0 spiro atoms. The SMILES string of the molecule is CCC1CCC(C)C(C)C1CC. The van der Waals surface area contributed by atoms with Crippen LogP contribution >= 0.6 is 0 Å². The van der Waals surface area contributed by atoms with Gasteiger partial charge in [-0.05, 0) is 30.1 Å². The maximum atomic E-state index is 2.46. The average Bonchev–Trinajstić information content (AvgIpc) is 2.09. The van der Waals surface area contributed by atoms with Gasteiger partial charge in [-0.2, -0.15) is 0 Å². The van der Waals surface area contributed by atoms with Gasteiger partial charge in [0.15, 0.2) is 0 Å². The third-order valence-corrected chi connectivity index (χ3v) is 4.17. The third-order valence-electron chi connectivity index (χ3n) is 4.17. The van der Waals surface area contributed by atoms with E-state index in [9.17, 15) is 0 Å². The fraction of sp³-hybridized carbons (Fsp3) is 1.00. The molecule has 0 aromatic rings. The van der Waals surface area contributed by atoms with Gasteiger partial charge in [-0.15, -0.1) is 0 Å². The minimum atomic E-state index is 0.966. The fourth-order valence-corrected chi connectivity index (χ4v) is 3.02. The second-order valence-electron chi connectivity index (χ2n) is 4.65. The van der Waals surface area contributed by atoms with E-state index in [-0.39, 0.29) is 0 Å². The van der Waals surface area contributed by atoms with Crippen LogP contribution in [0, 0.1) is 23.7 Å². The molecule has 1 aliphatic carbocycles.